The fourth-order valence-electron chi connectivity index (χ4n) is 1.97. The van der Waals surface area contributed by atoms with Crippen LogP contribution in [0.4, 0.5) is 0 Å². The number of epoxide rings is 1. The molecule has 0 N–H and O–H groups in total. The lowest BCUT2D eigenvalue weighted by molar-refractivity contribution is -0.138. The molecule has 5 heteroatoms. The zero-order valence-electron chi connectivity index (χ0n) is 23.9. The van der Waals surface area contributed by atoms with Crippen molar-refractivity contribution in [2.45, 2.75) is 120 Å². The Bertz CT molecular complexity index is 727. The Morgan fingerprint density at radius 1 is 0.814 bits per heavy atom. The van der Waals surface area contributed by atoms with Crippen LogP contribution in [0.2, 0.25) is 0 Å². The molecule has 2 aromatic rings. The van der Waals surface area contributed by atoms with Crippen LogP contribution in [0.15, 0.2) is 85.5 Å². The van der Waals surface area contributed by atoms with Gasteiger partial charge in [-0.25, -0.2) is 4.79 Å². The van der Waals surface area contributed by atoms with E-state index in [-0.39, 0.29) is 64.2 Å². The predicted octanol–water partition coefficient (Wildman–Crippen LogP) is 12.5. The molecule has 0 radical (unpaired) electrons. The first-order valence-electron chi connectivity index (χ1n) is 12.7. The van der Waals surface area contributed by atoms with Gasteiger partial charge < -0.3 is 18.9 Å². The molecule has 5 nitrogen and oxygen atoms in total. The Morgan fingerprint density at radius 3 is 1.42 bits per heavy atom. The van der Waals surface area contributed by atoms with E-state index in [0.29, 0.717) is 12.2 Å². The summed E-state index contributed by atoms with van der Waals surface area (Å²) in [5.74, 6) is 0.632. The van der Waals surface area contributed by atoms with Gasteiger partial charge in [0.2, 0.25) is 0 Å². The summed E-state index contributed by atoms with van der Waals surface area (Å²) in [5.41, 5.74) is 1.86. The number of hydrogen-bond donors (Lipinski definition) is 0. The van der Waals surface area contributed by atoms with E-state index in [2.05, 4.69) is 49.1 Å². The van der Waals surface area contributed by atoms with Crippen molar-refractivity contribution in [1.29, 1.82) is 0 Å². The molecule has 1 saturated heterocycles. The molecule has 0 amide bonds. The highest BCUT2D eigenvalue weighted by atomic mass is 16.8. The molecule has 0 saturated carbocycles. The van der Waals surface area contributed by atoms with Gasteiger partial charge in [-0.1, -0.05) is 134 Å². The van der Waals surface area contributed by atoms with Gasteiger partial charge in [0.15, 0.2) is 6.29 Å². The van der Waals surface area contributed by atoms with Crippen LogP contribution in [0, 0.1) is 0 Å². The van der Waals surface area contributed by atoms with Crippen molar-refractivity contribution in [2.75, 3.05) is 26.4 Å². The van der Waals surface area contributed by atoms with Crippen LogP contribution < -0.4 is 4.74 Å². The lowest BCUT2D eigenvalue weighted by Gasteiger charge is -1.99. The number of hydrogen-bond acceptors (Lipinski definition) is 5. The summed E-state index contributed by atoms with van der Waals surface area (Å²) in [6, 6.07) is 20.3. The van der Waals surface area contributed by atoms with Crippen LogP contribution in [0.25, 0.3) is 0 Å². The van der Waals surface area contributed by atoms with Gasteiger partial charge in [-0.15, -0.1) is 6.58 Å². The highest BCUT2D eigenvalue weighted by Crippen LogP contribution is 2.08. The van der Waals surface area contributed by atoms with Gasteiger partial charge in [0.25, 0.3) is 0 Å². The van der Waals surface area contributed by atoms with Gasteiger partial charge in [0, 0.05) is 12.2 Å². The summed E-state index contributed by atoms with van der Waals surface area (Å²) in [4.78, 5) is 10.4. The molecule has 0 bridgehead atoms. The maximum absolute atomic E-state index is 10.4. The van der Waals surface area contributed by atoms with Crippen molar-refractivity contribution in [1.82, 2.24) is 0 Å². The largest absolute Gasteiger partial charge is 0.494 e. The van der Waals surface area contributed by atoms with Crippen LogP contribution in [-0.4, -0.2) is 38.7 Å². The Kier molecular flexibility index (Phi) is 86.7. The zero-order chi connectivity index (χ0) is 28.0. The Balaban J connectivity index is -0.0000000384. The normalized spacial score (nSPS) is 9.81. The minimum Gasteiger partial charge on any atom is -0.494 e. The maximum atomic E-state index is 10.4. The molecule has 1 aliphatic heterocycles. The summed E-state index contributed by atoms with van der Waals surface area (Å²) < 4.78 is 19.4. The van der Waals surface area contributed by atoms with E-state index in [1.165, 1.54) is 5.56 Å². The molecule has 43 heavy (non-hydrogen) atoms. The molecular formula is C38H78O5. The molecule has 2 aromatic carbocycles. The minimum absolute atomic E-state index is 0. The van der Waals surface area contributed by atoms with Crippen molar-refractivity contribution in [3.05, 3.63) is 91.0 Å². The van der Waals surface area contributed by atoms with Gasteiger partial charge in [-0.2, -0.15) is 0 Å². The predicted molar refractivity (Wildman–Crippen MR) is 201 cm³/mol. The maximum Gasteiger partial charge on any atom is 0.333 e. The number of esters is 1. The summed E-state index contributed by atoms with van der Waals surface area (Å²) in [5, 5.41) is 0. The molecule has 0 spiro atoms. The van der Waals surface area contributed by atoms with E-state index in [1.54, 1.807) is 19.9 Å². The van der Waals surface area contributed by atoms with E-state index in [0.717, 1.165) is 32.0 Å². The minimum atomic E-state index is -0.312. The van der Waals surface area contributed by atoms with Crippen molar-refractivity contribution in [3.8, 4) is 5.75 Å². The zero-order valence-corrected chi connectivity index (χ0v) is 23.9. The van der Waals surface area contributed by atoms with E-state index < -0.39 is 0 Å². The summed E-state index contributed by atoms with van der Waals surface area (Å²) >= 11 is 0. The molecule has 1 aliphatic rings. The fraction of sp³-hybridized carbons (Fsp3) is 0.553. The lowest BCUT2D eigenvalue weighted by atomic mass is 10.2. The first-order chi connectivity index (χ1) is 17.4. The first-order valence-corrected chi connectivity index (χ1v) is 12.7. The number of carbonyl (C=O) groups excluding carboxylic acids is 1. The van der Waals surface area contributed by atoms with Gasteiger partial charge in [-0.3, -0.25) is 0 Å². The highest BCUT2D eigenvalue weighted by molar-refractivity contribution is 5.86. The molecule has 260 valence electrons. The van der Waals surface area contributed by atoms with E-state index in [4.69, 9.17) is 14.2 Å². The van der Waals surface area contributed by atoms with Gasteiger partial charge in [0.1, 0.15) is 12.4 Å². The first kappa shape index (κ1) is 67.7. The van der Waals surface area contributed by atoms with E-state index >= 15 is 0 Å². The average Bonchev–Trinajstić information content (AvgIpc) is 3.73. The van der Waals surface area contributed by atoms with Crippen LogP contribution in [0.5, 0.6) is 5.75 Å². The Hall–Kier alpha value is -2.89. The number of allylic oxidation sites excluding steroid dienone is 1. The summed E-state index contributed by atoms with van der Waals surface area (Å²) in [6.45, 7) is 24.9. The molecule has 1 fully saturated rings. The highest BCUT2D eigenvalue weighted by Gasteiger charge is 2.21. The van der Waals surface area contributed by atoms with Gasteiger partial charge in [0.05, 0.1) is 13.2 Å². The number of carbonyl (C=O) groups is 1. The number of ether oxygens (including phenoxy) is 4. The molecule has 1 heterocycles. The second-order valence-electron chi connectivity index (χ2n) is 6.71. The lowest BCUT2D eigenvalue weighted by Crippen LogP contribution is -2.03. The number of rotatable bonds is 7. The second kappa shape index (κ2) is 55.1. The average molecular weight is 615 g/mol. The molecule has 1 unspecified atom stereocenters. The number of benzene rings is 2. The van der Waals surface area contributed by atoms with Crippen molar-refractivity contribution in [3.63, 3.8) is 0 Å². The number of para-hydroxylation sites is 1. The molecule has 0 aliphatic carbocycles. The van der Waals surface area contributed by atoms with Gasteiger partial charge in [-0.05, 0) is 58.7 Å². The summed E-state index contributed by atoms with van der Waals surface area (Å²) in [6.07, 6.45) is 3.04. The monoisotopic (exact) mass is 615 g/mol. The molecular weight excluding hydrogens is 536 g/mol. The molecule has 0 aromatic heterocycles. The Labute approximate surface area is 272 Å². The third-order valence-electron chi connectivity index (χ3n) is 3.58. The molecule has 3 rings (SSSR count). The van der Waals surface area contributed by atoms with E-state index in [1.807, 2.05) is 71.0 Å². The van der Waals surface area contributed by atoms with Crippen molar-refractivity contribution < 1.29 is 23.7 Å². The van der Waals surface area contributed by atoms with Crippen LogP contribution in [0.3, 0.4) is 0 Å². The van der Waals surface area contributed by atoms with Crippen LogP contribution in [-0.2, 0) is 25.4 Å². The van der Waals surface area contributed by atoms with Crippen LogP contribution in [0.1, 0.15) is 113 Å². The van der Waals surface area contributed by atoms with Crippen LogP contribution >= 0.6 is 0 Å². The smallest absolute Gasteiger partial charge is 0.333 e. The standard InChI is InChI=1S/C8H10O.C8H10.C6H10O2.C4H8O2.C3H6.C2H6.7CH4/c1-2-9-8-6-4-3-5-7-8;1-2-8-6-4-3-5-7-8;1-4-8-6(7)5(2)3;1-2-5-4-3-6-4;1-3-2;1-2;;;;;;;/h3-7H,2H2,1H3;3-7H,2H2,1H3;2,4H2,1,3H3;4H,2-3H2,1H3;3H,1H2,2H3;1-2H3;7*1H4. The SMILES string of the molecule is C.C.C.C.C.C.C.C=C(C)C(=O)OCC.C=CC.CC.CCOC1CO1.CCOc1ccccc1.CCc1ccccc1. The molecule has 1 atom stereocenters. The quantitative estimate of drug-likeness (QED) is 0.134. The second-order valence-corrected chi connectivity index (χ2v) is 6.71. The third kappa shape index (κ3) is 55.7. The van der Waals surface area contributed by atoms with Gasteiger partial charge >= 0.3 is 5.97 Å². The van der Waals surface area contributed by atoms with Crippen molar-refractivity contribution >= 4 is 5.97 Å². The topological polar surface area (TPSA) is 57.3 Å². The fourth-order valence-corrected chi connectivity index (χ4v) is 1.97. The summed E-state index contributed by atoms with van der Waals surface area (Å²) in [7, 11) is 0. The Morgan fingerprint density at radius 2 is 1.21 bits per heavy atom. The van der Waals surface area contributed by atoms with Crippen molar-refractivity contribution in [2.24, 2.45) is 0 Å². The third-order valence-corrected chi connectivity index (χ3v) is 3.58. The number of aryl methyl sites for hydroxylation is 1. The van der Waals surface area contributed by atoms with E-state index in [9.17, 15) is 4.79 Å².